The minimum Gasteiger partial charge on any atom is -0.330 e. The first-order chi connectivity index (χ1) is 4.59. The van der Waals surface area contributed by atoms with Gasteiger partial charge in [0.25, 0.3) is 0 Å². The molecule has 0 amide bonds. The number of Topliss-reactive ketones (excluding diaryl/α,β-unsaturated/α-hetero) is 1. The summed E-state index contributed by atoms with van der Waals surface area (Å²) in [5.41, 5.74) is 10.7. The number of carbonyl (C=O) groups excluding carboxylic acids is 1. The van der Waals surface area contributed by atoms with Gasteiger partial charge >= 0.3 is 0 Å². The van der Waals surface area contributed by atoms with Crippen LogP contribution in [0.25, 0.3) is 0 Å². The summed E-state index contributed by atoms with van der Waals surface area (Å²) in [5, 5.41) is 0. The van der Waals surface area contributed by atoms with Gasteiger partial charge in [-0.2, -0.15) is 0 Å². The molecule has 0 saturated carbocycles. The van der Waals surface area contributed by atoms with E-state index in [2.05, 4.69) is 0 Å². The van der Waals surface area contributed by atoms with Crippen LogP contribution in [0.4, 0.5) is 0 Å². The minimum absolute atomic E-state index is 0.0292. The molecule has 0 rings (SSSR count). The molecule has 0 fully saturated rings. The predicted molar refractivity (Wildman–Crippen MR) is 41.5 cm³/mol. The molecule has 0 radical (unpaired) electrons. The Bertz CT molecular complexity index is 112. The molecule has 10 heavy (non-hydrogen) atoms. The Kier molecular flexibility index (Phi) is 4.23. The van der Waals surface area contributed by atoms with Crippen LogP contribution in [0.15, 0.2) is 0 Å². The van der Waals surface area contributed by atoms with Gasteiger partial charge in [0.05, 0.1) is 6.04 Å². The van der Waals surface area contributed by atoms with Gasteiger partial charge in [0, 0.05) is 5.92 Å². The van der Waals surface area contributed by atoms with Crippen LogP contribution in [0, 0.1) is 5.92 Å². The molecule has 4 N–H and O–H groups in total. The van der Waals surface area contributed by atoms with Gasteiger partial charge < -0.3 is 11.5 Å². The maximum Gasteiger partial charge on any atom is 0.152 e. The third-order valence-electron chi connectivity index (χ3n) is 1.41. The van der Waals surface area contributed by atoms with Crippen molar-refractivity contribution in [3.8, 4) is 0 Å². The summed E-state index contributed by atoms with van der Waals surface area (Å²) < 4.78 is 0. The Morgan fingerprint density at radius 2 is 2.00 bits per heavy atom. The maximum absolute atomic E-state index is 11.1. The monoisotopic (exact) mass is 144 g/mol. The van der Waals surface area contributed by atoms with Crippen LogP contribution in [0.5, 0.6) is 0 Å². The molecule has 0 aromatic rings. The van der Waals surface area contributed by atoms with E-state index in [1.807, 2.05) is 13.8 Å². The molecule has 3 heteroatoms. The molecule has 0 heterocycles. The SMILES string of the molecule is CC(C)C(=O)[C@@H](N)CCN. The van der Waals surface area contributed by atoms with Gasteiger partial charge in [0.1, 0.15) is 0 Å². The van der Waals surface area contributed by atoms with E-state index >= 15 is 0 Å². The zero-order valence-corrected chi connectivity index (χ0v) is 6.63. The average molecular weight is 144 g/mol. The largest absolute Gasteiger partial charge is 0.330 e. The fourth-order valence-corrected chi connectivity index (χ4v) is 0.750. The van der Waals surface area contributed by atoms with Gasteiger partial charge in [-0.25, -0.2) is 0 Å². The van der Waals surface area contributed by atoms with Crippen LogP contribution < -0.4 is 11.5 Å². The lowest BCUT2D eigenvalue weighted by Gasteiger charge is -2.10. The highest BCUT2D eigenvalue weighted by molar-refractivity contribution is 5.85. The predicted octanol–water partition coefficient (Wildman–Crippen LogP) is -0.112. The Labute approximate surface area is 61.8 Å². The van der Waals surface area contributed by atoms with E-state index in [9.17, 15) is 4.79 Å². The summed E-state index contributed by atoms with van der Waals surface area (Å²) in [6.45, 7) is 4.18. The molecule has 3 nitrogen and oxygen atoms in total. The van der Waals surface area contributed by atoms with Gasteiger partial charge in [-0.3, -0.25) is 4.79 Å². The van der Waals surface area contributed by atoms with Crippen LogP contribution in [-0.4, -0.2) is 18.4 Å². The summed E-state index contributed by atoms with van der Waals surface area (Å²) in [6.07, 6.45) is 0.594. The molecule has 60 valence electrons. The fourth-order valence-electron chi connectivity index (χ4n) is 0.750. The molecule has 0 spiro atoms. The molecule has 0 aliphatic rings. The highest BCUT2D eigenvalue weighted by Gasteiger charge is 2.15. The molecule has 0 aliphatic heterocycles. The number of ketones is 1. The van der Waals surface area contributed by atoms with Crippen molar-refractivity contribution in [2.75, 3.05) is 6.54 Å². The van der Waals surface area contributed by atoms with E-state index in [1.54, 1.807) is 0 Å². The van der Waals surface area contributed by atoms with Crippen LogP contribution in [-0.2, 0) is 4.79 Å². The number of rotatable bonds is 4. The Hall–Kier alpha value is -0.410. The fraction of sp³-hybridized carbons (Fsp3) is 0.857. The lowest BCUT2D eigenvalue weighted by atomic mass is 10.0. The number of hydrogen-bond acceptors (Lipinski definition) is 3. The van der Waals surface area contributed by atoms with Gasteiger partial charge in [0.2, 0.25) is 0 Å². The van der Waals surface area contributed by atoms with Gasteiger partial charge in [-0.1, -0.05) is 13.8 Å². The maximum atomic E-state index is 11.1. The van der Waals surface area contributed by atoms with Crippen molar-refractivity contribution >= 4 is 5.78 Å². The van der Waals surface area contributed by atoms with Gasteiger partial charge in [-0.15, -0.1) is 0 Å². The summed E-state index contributed by atoms with van der Waals surface area (Å²) in [4.78, 5) is 11.1. The topological polar surface area (TPSA) is 69.1 Å². The first-order valence-corrected chi connectivity index (χ1v) is 3.59. The van der Waals surface area contributed by atoms with E-state index in [0.29, 0.717) is 13.0 Å². The van der Waals surface area contributed by atoms with Gasteiger partial charge in [-0.05, 0) is 13.0 Å². The van der Waals surface area contributed by atoms with Crippen molar-refractivity contribution in [3.63, 3.8) is 0 Å². The number of nitrogens with two attached hydrogens (primary N) is 2. The zero-order valence-electron chi connectivity index (χ0n) is 6.63. The quantitative estimate of drug-likeness (QED) is 0.578. The molecule has 0 aromatic carbocycles. The molecule has 0 saturated heterocycles. The second kappa shape index (κ2) is 4.41. The minimum atomic E-state index is -0.356. The Morgan fingerprint density at radius 1 is 1.50 bits per heavy atom. The highest BCUT2D eigenvalue weighted by atomic mass is 16.1. The first kappa shape index (κ1) is 9.59. The highest BCUT2D eigenvalue weighted by Crippen LogP contribution is 1.99. The molecule has 1 atom stereocenters. The lowest BCUT2D eigenvalue weighted by molar-refractivity contribution is -0.123. The van der Waals surface area contributed by atoms with Crippen molar-refractivity contribution in [2.45, 2.75) is 26.3 Å². The summed E-state index contributed by atoms with van der Waals surface area (Å²) in [6, 6.07) is -0.356. The first-order valence-electron chi connectivity index (χ1n) is 3.59. The van der Waals surface area contributed by atoms with E-state index in [1.165, 1.54) is 0 Å². The summed E-state index contributed by atoms with van der Waals surface area (Å²) in [5.74, 6) is 0.131. The van der Waals surface area contributed by atoms with Crippen LogP contribution in [0.2, 0.25) is 0 Å². The molecule has 0 bridgehead atoms. The second-order valence-electron chi connectivity index (χ2n) is 2.74. The molecule has 0 aliphatic carbocycles. The third kappa shape index (κ3) is 2.94. The molecular formula is C7H16N2O. The zero-order chi connectivity index (χ0) is 8.15. The van der Waals surface area contributed by atoms with Crippen molar-refractivity contribution in [3.05, 3.63) is 0 Å². The van der Waals surface area contributed by atoms with Crippen LogP contribution in [0.1, 0.15) is 20.3 Å². The molecule has 0 aromatic heterocycles. The smallest absolute Gasteiger partial charge is 0.152 e. The van der Waals surface area contributed by atoms with Crippen molar-refractivity contribution in [1.29, 1.82) is 0 Å². The number of hydrogen-bond donors (Lipinski definition) is 2. The van der Waals surface area contributed by atoms with E-state index < -0.39 is 0 Å². The third-order valence-corrected chi connectivity index (χ3v) is 1.41. The van der Waals surface area contributed by atoms with Gasteiger partial charge in [0.15, 0.2) is 5.78 Å². The van der Waals surface area contributed by atoms with Crippen molar-refractivity contribution in [1.82, 2.24) is 0 Å². The summed E-state index contributed by atoms with van der Waals surface area (Å²) in [7, 11) is 0. The molecule has 0 unspecified atom stereocenters. The lowest BCUT2D eigenvalue weighted by Crippen LogP contribution is -2.35. The number of carbonyl (C=O) groups is 1. The summed E-state index contributed by atoms with van der Waals surface area (Å²) >= 11 is 0. The van der Waals surface area contributed by atoms with E-state index in [4.69, 9.17) is 11.5 Å². The Balaban J connectivity index is 3.71. The second-order valence-corrected chi connectivity index (χ2v) is 2.74. The van der Waals surface area contributed by atoms with Crippen molar-refractivity contribution < 1.29 is 4.79 Å². The average Bonchev–Trinajstić information content (AvgIpc) is 1.87. The van der Waals surface area contributed by atoms with E-state index in [0.717, 1.165) is 0 Å². The Morgan fingerprint density at radius 3 is 2.30 bits per heavy atom. The standard InChI is InChI=1S/C7H16N2O/c1-5(2)7(10)6(9)3-4-8/h5-6H,3-4,8-9H2,1-2H3/t6-/m0/s1. The van der Waals surface area contributed by atoms with Crippen LogP contribution >= 0.6 is 0 Å². The molecular weight excluding hydrogens is 128 g/mol. The normalized spacial score (nSPS) is 13.7. The van der Waals surface area contributed by atoms with Crippen molar-refractivity contribution in [2.24, 2.45) is 17.4 Å². The van der Waals surface area contributed by atoms with Crippen LogP contribution in [0.3, 0.4) is 0 Å². The van der Waals surface area contributed by atoms with E-state index in [-0.39, 0.29) is 17.7 Å².